The van der Waals surface area contributed by atoms with E-state index < -0.39 is 11.5 Å². The maximum Gasteiger partial charge on any atom is 0.323 e. The highest BCUT2D eigenvalue weighted by Crippen LogP contribution is 2.38. The maximum atomic E-state index is 11.4. The second kappa shape index (κ2) is 4.25. The normalized spacial score (nSPS) is 37.5. The Morgan fingerprint density at radius 3 is 2.53 bits per heavy atom. The minimum Gasteiger partial charge on any atom is -0.480 e. The minimum atomic E-state index is -0.694. The van der Waals surface area contributed by atoms with Gasteiger partial charge in [-0.3, -0.25) is 9.69 Å². The van der Waals surface area contributed by atoms with Crippen LogP contribution in [0.1, 0.15) is 39.5 Å². The Balaban J connectivity index is 2.01. The molecule has 98 valence electrons. The Bertz CT molecular complexity index is 317. The molecule has 1 saturated heterocycles. The number of likely N-dealkylation sites (tertiary alicyclic amines) is 1. The van der Waals surface area contributed by atoms with Gasteiger partial charge in [0, 0.05) is 12.6 Å². The number of carbonyl (C=O) groups is 1. The molecule has 1 aliphatic heterocycles. The number of likely N-dealkylation sites (N-methyl/N-ethyl adjacent to an activating group) is 1. The van der Waals surface area contributed by atoms with E-state index in [0.717, 1.165) is 32.4 Å². The van der Waals surface area contributed by atoms with E-state index in [0.29, 0.717) is 11.5 Å². The van der Waals surface area contributed by atoms with Crippen molar-refractivity contribution in [3.05, 3.63) is 0 Å². The first kappa shape index (κ1) is 12.8. The van der Waals surface area contributed by atoms with Crippen molar-refractivity contribution >= 4 is 5.97 Å². The number of carboxylic acid groups (broad SMARTS) is 1. The zero-order valence-electron chi connectivity index (χ0n) is 11.1. The number of aliphatic carboxylic acids is 1. The number of hydrogen-bond donors (Lipinski definition) is 2. The number of rotatable bonds is 3. The summed E-state index contributed by atoms with van der Waals surface area (Å²) in [4.78, 5) is 13.8. The molecule has 0 bridgehead atoms. The summed E-state index contributed by atoms with van der Waals surface area (Å²) in [6.07, 6.45) is 3.72. The zero-order valence-corrected chi connectivity index (χ0v) is 11.1. The third-order valence-electron chi connectivity index (χ3n) is 4.60. The third kappa shape index (κ3) is 2.33. The molecule has 1 heterocycles. The Morgan fingerprint density at radius 2 is 2.12 bits per heavy atom. The van der Waals surface area contributed by atoms with E-state index in [1.54, 1.807) is 7.05 Å². The lowest BCUT2D eigenvalue weighted by molar-refractivity contribution is -0.144. The molecule has 4 nitrogen and oxygen atoms in total. The standard InChI is InChI=1S/C13H24N2O2/c1-12(2)6-7-15(9-12)10-4-5-13(8-10,14-3)11(16)17/h10,14H,4-9H2,1-3H3,(H,16,17). The predicted octanol–water partition coefficient (Wildman–Crippen LogP) is 1.31. The molecule has 0 aromatic heterocycles. The van der Waals surface area contributed by atoms with E-state index in [4.69, 9.17) is 0 Å². The summed E-state index contributed by atoms with van der Waals surface area (Å²) in [5, 5.41) is 12.4. The fraction of sp³-hybridized carbons (Fsp3) is 0.923. The lowest BCUT2D eigenvalue weighted by Gasteiger charge is -2.28. The molecule has 1 aliphatic carbocycles. The monoisotopic (exact) mass is 240 g/mol. The Labute approximate surface area is 103 Å². The fourth-order valence-electron chi connectivity index (χ4n) is 3.33. The van der Waals surface area contributed by atoms with Crippen molar-refractivity contribution in [1.29, 1.82) is 0 Å². The van der Waals surface area contributed by atoms with Crippen LogP contribution >= 0.6 is 0 Å². The maximum absolute atomic E-state index is 11.4. The van der Waals surface area contributed by atoms with Crippen molar-refractivity contribution < 1.29 is 9.90 Å². The summed E-state index contributed by atoms with van der Waals surface area (Å²) >= 11 is 0. The summed E-state index contributed by atoms with van der Waals surface area (Å²) in [7, 11) is 1.77. The van der Waals surface area contributed by atoms with Gasteiger partial charge in [-0.15, -0.1) is 0 Å². The first-order valence-electron chi connectivity index (χ1n) is 6.55. The highest BCUT2D eigenvalue weighted by molar-refractivity contribution is 5.79. The van der Waals surface area contributed by atoms with Crippen molar-refractivity contribution in [3.8, 4) is 0 Å². The van der Waals surface area contributed by atoms with E-state index in [1.165, 1.54) is 6.42 Å². The molecule has 0 radical (unpaired) electrons. The van der Waals surface area contributed by atoms with Crippen LogP contribution in [0.5, 0.6) is 0 Å². The second-order valence-corrected chi connectivity index (χ2v) is 6.42. The molecule has 2 rings (SSSR count). The Kier molecular flexibility index (Phi) is 3.21. The average Bonchev–Trinajstić information content (AvgIpc) is 2.82. The third-order valence-corrected chi connectivity index (χ3v) is 4.60. The van der Waals surface area contributed by atoms with Crippen LogP contribution in [0.25, 0.3) is 0 Å². The molecule has 0 aromatic rings. The SMILES string of the molecule is CNC1(C(=O)O)CCC(N2CCC(C)(C)C2)C1. The molecular formula is C13H24N2O2. The lowest BCUT2D eigenvalue weighted by atomic mass is 9.93. The smallest absolute Gasteiger partial charge is 0.323 e. The largest absolute Gasteiger partial charge is 0.480 e. The van der Waals surface area contributed by atoms with Gasteiger partial charge >= 0.3 is 5.97 Å². The van der Waals surface area contributed by atoms with Gasteiger partial charge in [-0.05, 0) is 44.7 Å². The molecule has 4 heteroatoms. The van der Waals surface area contributed by atoms with Crippen LogP contribution in [-0.2, 0) is 4.79 Å². The molecule has 0 amide bonds. The van der Waals surface area contributed by atoms with Crippen LogP contribution in [0.3, 0.4) is 0 Å². The summed E-state index contributed by atoms with van der Waals surface area (Å²) in [5.41, 5.74) is -0.286. The van der Waals surface area contributed by atoms with E-state index >= 15 is 0 Å². The topological polar surface area (TPSA) is 52.6 Å². The Hall–Kier alpha value is -0.610. The molecule has 0 aromatic carbocycles. The number of nitrogens with zero attached hydrogens (tertiary/aromatic N) is 1. The van der Waals surface area contributed by atoms with E-state index in [9.17, 15) is 9.90 Å². The van der Waals surface area contributed by atoms with Crippen molar-refractivity contribution in [2.45, 2.75) is 51.1 Å². The molecular weight excluding hydrogens is 216 g/mol. The van der Waals surface area contributed by atoms with Crippen LogP contribution in [0.15, 0.2) is 0 Å². The number of carboxylic acids is 1. The van der Waals surface area contributed by atoms with Gasteiger partial charge in [0.2, 0.25) is 0 Å². The molecule has 2 N–H and O–H groups in total. The summed E-state index contributed by atoms with van der Waals surface area (Å²) in [6.45, 7) is 6.82. The van der Waals surface area contributed by atoms with Gasteiger partial charge in [0.15, 0.2) is 0 Å². The van der Waals surface area contributed by atoms with Gasteiger partial charge in [-0.1, -0.05) is 13.8 Å². The van der Waals surface area contributed by atoms with Crippen molar-refractivity contribution in [3.63, 3.8) is 0 Å². The van der Waals surface area contributed by atoms with Crippen LogP contribution in [0.4, 0.5) is 0 Å². The fourth-order valence-corrected chi connectivity index (χ4v) is 3.33. The number of hydrogen-bond acceptors (Lipinski definition) is 3. The van der Waals surface area contributed by atoms with Gasteiger partial charge in [0.05, 0.1) is 0 Å². The lowest BCUT2D eigenvalue weighted by Crippen LogP contribution is -2.49. The van der Waals surface area contributed by atoms with Crippen LogP contribution in [0, 0.1) is 5.41 Å². The van der Waals surface area contributed by atoms with Crippen LogP contribution in [0.2, 0.25) is 0 Å². The quantitative estimate of drug-likeness (QED) is 0.781. The minimum absolute atomic E-state index is 0.397. The van der Waals surface area contributed by atoms with Gasteiger partial charge < -0.3 is 10.4 Å². The van der Waals surface area contributed by atoms with Crippen molar-refractivity contribution in [2.24, 2.45) is 5.41 Å². The summed E-state index contributed by atoms with van der Waals surface area (Å²) in [6, 6.07) is 0.445. The molecule has 0 spiro atoms. The highest BCUT2D eigenvalue weighted by Gasteiger charge is 2.47. The number of nitrogens with one attached hydrogen (secondary N) is 1. The van der Waals surface area contributed by atoms with Crippen molar-refractivity contribution in [2.75, 3.05) is 20.1 Å². The van der Waals surface area contributed by atoms with Gasteiger partial charge in [-0.25, -0.2) is 0 Å². The second-order valence-electron chi connectivity index (χ2n) is 6.42. The molecule has 1 saturated carbocycles. The van der Waals surface area contributed by atoms with Crippen LogP contribution < -0.4 is 5.32 Å². The van der Waals surface area contributed by atoms with Crippen LogP contribution in [-0.4, -0.2) is 47.7 Å². The molecule has 2 atom stereocenters. The first-order valence-corrected chi connectivity index (χ1v) is 6.55. The average molecular weight is 240 g/mol. The van der Waals surface area contributed by atoms with E-state index in [-0.39, 0.29) is 0 Å². The highest BCUT2D eigenvalue weighted by atomic mass is 16.4. The van der Waals surface area contributed by atoms with Gasteiger partial charge in [0.1, 0.15) is 5.54 Å². The molecule has 17 heavy (non-hydrogen) atoms. The summed E-state index contributed by atoms with van der Waals surface area (Å²) in [5.74, 6) is -0.694. The van der Waals surface area contributed by atoms with E-state index in [1.807, 2.05) is 0 Å². The van der Waals surface area contributed by atoms with E-state index in [2.05, 4.69) is 24.1 Å². The van der Waals surface area contributed by atoms with Gasteiger partial charge in [-0.2, -0.15) is 0 Å². The molecule has 2 unspecified atom stereocenters. The molecule has 2 fully saturated rings. The zero-order chi connectivity index (χ0) is 12.7. The predicted molar refractivity (Wildman–Crippen MR) is 67.0 cm³/mol. The Morgan fingerprint density at radius 1 is 1.41 bits per heavy atom. The molecule has 2 aliphatic rings. The van der Waals surface area contributed by atoms with Gasteiger partial charge in [0.25, 0.3) is 0 Å². The van der Waals surface area contributed by atoms with Crippen molar-refractivity contribution in [1.82, 2.24) is 10.2 Å². The first-order chi connectivity index (χ1) is 7.88. The summed E-state index contributed by atoms with van der Waals surface area (Å²) < 4.78 is 0.